The quantitative estimate of drug-likeness (QED) is 0.684. The van der Waals surface area contributed by atoms with Crippen molar-refractivity contribution in [2.75, 3.05) is 24.5 Å². The Bertz CT molecular complexity index is 788. The molecule has 0 aromatic heterocycles. The van der Waals surface area contributed by atoms with E-state index in [4.69, 9.17) is 4.74 Å². The van der Waals surface area contributed by atoms with Gasteiger partial charge in [-0.25, -0.2) is 0 Å². The van der Waals surface area contributed by atoms with E-state index in [0.717, 1.165) is 37.2 Å². The molecule has 0 bridgehead atoms. The predicted octanol–water partition coefficient (Wildman–Crippen LogP) is 4.54. The molecule has 1 N–H and O–H groups in total. The highest BCUT2D eigenvalue weighted by Gasteiger charge is 2.18. The summed E-state index contributed by atoms with van der Waals surface area (Å²) < 4.78 is 5.94. The molecule has 2 aromatic rings. The van der Waals surface area contributed by atoms with Crippen molar-refractivity contribution in [2.45, 2.75) is 52.1 Å². The second-order valence-electron chi connectivity index (χ2n) is 7.82. The van der Waals surface area contributed by atoms with Gasteiger partial charge in [-0.05, 0) is 55.4 Å². The first-order valence-corrected chi connectivity index (χ1v) is 10.4. The second kappa shape index (κ2) is 9.63. The van der Waals surface area contributed by atoms with Gasteiger partial charge in [0.05, 0.1) is 0 Å². The van der Waals surface area contributed by atoms with Crippen molar-refractivity contribution in [3.63, 3.8) is 0 Å². The summed E-state index contributed by atoms with van der Waals surface area (Å²) >= 11 is 0. The lowest BCUT2D eigenvalue weighted by molar-refractivity contribution is -0.127. The predicted molar refractivity (Wildman–Crippen MR) is 115 cm³/mol. The van der Waals surface area contributed by atoms with E-state index in [1.54, 1.807) is 0 Å². The Hall–Kier alpha value is -2.49. The Kier molecular flexibility index (Phi) is 6.96. The monoisotopic (exact) mass is 380 g/mol. The van der Waals surface area contributed by atoms with Gasteiger partial charge in [0.1, 0.15) is 5.75 Å². The summed E-state index contributed by atoms with van der Waals surface area (Å²) in [5.41, 5.74) is 3.91. The number of nitrogens with zero attached hydrogens (tertiary/aromatic N) is 1. The van der Waals surface area contributed by atoms with Crippen LogP contribution in [-0.4, -0.2) is 31.6 Å². The summed E-state index contributed by atoms with van der Waals surface area (Å²) in [6.07, 6.45) is 2.78. The Morgan fingerprint density at radius 3 is 2.68 bits per heavy atom. The van der Waals surface area contributed by atoms with Crippen LogP contribution in [0.25, 0.3) is 0 Å². The third-order valence-corrected chi connectivity index (χ3v) is 5.32. The van der Waals surface area contributed by atoms with E-state index in [2.05, 4.69) is 54.4 Å². The fraction of sp³-hybridized carbons (Fsp3) is 0.458. The number of carbonyl (C=O) groups excluding carboxylic acids is 1. The van der Waals surface area contributed by atoms with Crippen LogP contribution in [0.3, 0.4) is 0 Å². The lowest BCUT2D eigenvalue weighted by Gasteiger charge is -2.31. The Morgan fingerprint density at radius 1 is 1.11 bits per heavy atom. The highest BCUT2D eigenvalue weighted by Crippen LogP contribution is 2.27. The molecule has 0 aliphatic carbocycles. The molecule has 150 valence electrons. The Labute approximate surface area is 168 Å². The van der Waals surface area contributed by atoms with Gasteiger partial charge in [-0.1, -0.05) is 50.2 Å². The number of fused-ring (bicyclic) bond motifs is 1. The molecule has 1 heterocycles. The second-order valence-corrected chi connectivity index (χ2v) is 7.82. The van der Waals surface area contributed by atoms with Crippen molar-refractivity contribution >= 4 is 11.6 Å². The minimum atomic E-state index is -0.504. The molecule has 0 fully saturated rings. The zero-order chi connectivity index (χ0) is 19.9. The summed E-state index contributed by atoms with van der Waals surface area (Å²) in [5, 5.41) is 3.02. The van der Waals surface area contributed by atoms with Gasteiger partial charge in [0, 0.05) is 25.3 Å². The summed E-state index contributed by atoms with van der Waals surface area (Å²) in [4.78, 5) is 14.9. The normalized spacial score (nSPS) is 14.5. The molecule has 2 aromatic carbocycles. The molecule has 28 heavy (non-hydrogen) atoms. The Balaban J connectivity index is 1.45. The molecule has 1 amide bonds. The maximum atomic E-state index is 12.4. The van der Waals surface area contributed by atoms with Crippen molar-refractivity contribution < 1.29 is 9.53 Å². The first-order valence-electron chi connectivity index (χ1n) is 10.4. The first-order chi connectivity index (χ1) is 13.6. The zero-order valence-electron chi connectivity index (χ0n) is 17.3. The zero-order valence-corrected chi connectivity index (χ0v) is 17.3. The average Bonchev–Trinajstić information content (AvgIpc) is 2.71. The van der Waals surface area contributed by atoms with Gasteiger partial charge in [0.2, 0.25) is 0 Å². The van der Waals surface area contributed by atoms with Crippen molar-refractivity contribution in [3.8, 4) is 5.75 Å². The number of anilines is 1. The highest BCUT2D eigenvalue weighted by atomic mass is 16.5. The van der Waals surface area contributed by atoms with Crippen LogP contribution in [0.1, 0.15) is 50.7 Å². The van der Waals surface area contributed by atoms with E-state index in [0.29, 0.717) is 12.5 Å². The summed E-state index contributed by atoms with van der Waals surface area (Å²) in [5.74, 6) is 1.10. The maximum Gasteiger partial charge on any atom is 0.260 e. The van der Waals surface area contributed by atoms with Gasteiger partial charge >= 0.3 is 0 Å². The number of para-hydroxylation sites is 2. The number of ether oxygens (including phenoxy) is 1. The number of amides is 1. The van der Waals surface area contributed by atoms with E-state index in [1.807, 2.05) is 25.1 Å². The lowest BCUT2D eigenvalue weighted by atomic mass is 10.0. The van der Waals surface area contributed by atoms with Crippen molar-refractivity contribution in [1.82, 2.24) is 5.32 Å². The third-order valence-electron chi connectivity index (χ3n) is 5.32. The number of nitrogens with one attached hydrogen (secondary N) is 1. The van der Waals surface area contributed by atoms with Gasteiger partial charge < -0.3 is 15.0 Å². The molecule has 0 saturated heterocycles. The molecule has 1 aliphatic heterocycles. The minimum absolute atomic E-state index is 0.0578. The highest BCUT2D eigenvalue weighted by molar-refractivity contribution is 5.80. The van der Waals surface area contributed by atoms with Crippen molar-refractivity contribution in [1.29, 1.82) is 0 Å². The molecule has 0 radical (unpaired) electrons. The van der Waals surface area contributed by atoms with Gasteiger partial charge in [-0.15, -0.1) is 0 Å². The van der Waals surface area contributed by atoms with Crippen LogP contribution in [0.2, 0.25) is 0 Å². The van der Waals surface area contributed by atoms with Crippen molar-refractivity contribution in [3.05, 3.63) is 59.7 Å². The standard InChI is InChI=1S/C24H32N2O2/c1-18(2)21-12-5-7-14-23(21)28-19(3)24(27)25-15-9-17-26-16-8-11-20-10-4-6-13-22(20)26/h4-7,10,12-14,18-19H,8-9,11,15-17H2,1-3H3,(H,25,27)/t19-/m0/s1. The van der Waals surface area contributed by atoms with Crippen LogP contribution in [0.4, 0.5) is 5.69 Å². The molecular weight excluding hydrogens is 348 g/mol. The van der Waals surface area contributed by atoms with Crippen LogP contribution >= 0.6 is 0 Å². The summed E-state index contributed by atoms with van der Waals surface area (Å²) in [7, 11) is 0. The van der Waals surface area contributed by atoms with Gasteiger partial charge in [0.25, 0.3) is 5.91 Å². The van der Waals surface area contributed by atoms with Gasteiger partial charge in [-0.2, -0.15) is 0 Å². The largest absolute Gasteiger partial charge is 0.481 e. The molecule has 4 heteroatoms. The van der Waals surface area contributed by atoms with Crippen LogP contribution in [0, 0.1) is 0 Å². The smallest absolute Gasteiger partial charge is 0.260 e. The number of hydrogen-bond donors (Lipinski definition) is 1. The molecule has 3 rings (SSSR count). The van der Waals surface area contributed by atoms with E-state index >= 15 is 0 Å². The average molecular weight is 381 g/mol. The van der Waals surface area contributed by atoms with Gasteiger partial charge in [0.15, 0.2) is 6.10 Å². The van der Waals surface area contributed by atoms with Crippen molar-refractivity contribution in [2.24, 2.45) is 0 Å². The van der Waals surface area contributed by atoms with Crippen LogP contribution in [0.5, 0.6) is 5.75 Å². The van der Waals surface area contributed by atoms with E-state index in [9.17, 15) is 4.79 Å². The molecular formula is C24H32N2O2. The number of aryl methyl sites for hydroxylation is 1. The molecule has 0 spiro atoms. The minimum Gasteiger partial charge on any atom is -0.481 e. The fourth-order valence-electron chi connectivity index (χ4n) is 3.78. The SMILES string of the molecule is CC(C)c1ccccc1O[C@@H](C)C(=O)NCCCN1CCCc2ccccc21. The molecule has 4 nitrogen and oxygen atoms in total. The summed E-state index contributed by atoms with van der Waals surface area (Å²) in [6, 6.07) is 16.6. The molecule has 0 saturated carbocycles. The molecule has 1 atom stereocenters. The number of benzene rings is 2. The topological polar surface area (TPSA) is 41.6 Å². The molecule has 1 aliphatic rings. The van der Waals surface area contributed by atoms with E-state index < -0.39 is 6.10 Å². The Morgan fingerprint density at radius 2 is 1.86 bits per heavy atom. The van der Waals surface area contributed by atoms with Crippen LogP contribution in [-0.2, 0) is 11.2 Å². The number of hydrogen-bond acceptors (Lipinski definition) is 3. The van der Waals surface area contributed by atoms with E-state index in [-0.39, 0.29) is 5.91 Å². The third kappa shape index (κ3) is 5.06. The first kappa shape index (κ1) is 20.2. The summed E-state index contributed by atoms with van der Waals surface area (Å²) in [6.45, 7) is 8.79. The molecule has 0 unspecified atom stereocenters. The lowest BCUT2D eigenvalue weighted by Crippen LogP contribution is -2.38. The maximum absolute atomic E-state index is 12.4. The van der Waals surface area contributed by atoms with Crippen LogP contribution < -0.4 is 15.0 Å². The number of rotatable bonds is 8. The number of carbonyl (C=O) groups is 1. The van der Waals surface area contributed by atoms with E-state index in [1.165, 1.54) is 17.7 Å². The van der Waals surface area contributed by atoms with Gasteiger partial charge in [-0.3, -0.25) is 4.79 Å². The van der Waals surface area contributed by atoms with Crippen LogP contribution in [0.15, 0.2) is 48.5 Å². The fourth-order valence-corrected chi connectivity index (χ4v) is 3.78.